The minimum Gasteiger partial charge on any atom is -0.478 e. The fourth-order valence-corrected chi connectivity index (χ4v) is 8.19. The van der Waals surface area contributed by atoms with Crippen molar-refractivity contribution in [3.63, 3.8) is 0 Å². The van der Waals surface area contributed by atoms with Crippen molar-refractivity contribution in [3.05, 3.63) is 33.4 Å². The second-order valence-corrected chi connectivity index (χ2v) is 17.8. The van der Waals surface area contributed by atoms with Crippen LogP contribution in [0.4, 0.5) is 0 Å². The molecule has 0 aliphatic carbocycles. The highest BCUT2D eigenvalue weighted by molar-refractivity contribution is 6.07. The summed E-state index contributed by atoms with van der Waals surface area (Å²) in [5.74, 6) is -1.45. The second kappa shape index (κ2) is 30.8. The van der Waals surface area contributed by atoms with Crippen molar-refractivity contribution < 1.29 is 29.7 Å². The molecule has 6 heteroatoms. The third kappa shape index (κ3) is 22.2. The Morgan fingerprint density at radius 1 is 0.315 bits per heavy atom. The Bertz CT molecular complexity index is 1170. The van der Waals surface area contributed by atoms with E-state index in [2.05, 4.69) is 41.5 Å². The highest BCUT2D eigenvalue weighted by Gasteiger charge is 2.32. The van der Waals surface area contributed by atoms with E-state index in [0.717, 1.165) is 88.4 Å². The smallest absolute Gasteiger partial charge is 0.336 e. The largest absolute Gasteiger partial charge is 0.478 e. The fraction of sp³-hybridized carbons (Fsp3) is 0.812. The maximum atomic E-state index is 13.1. The van der Waals surface area contributed by atoms with Gasteiger partial charge in [0, 0.05) is 0 Å². The number of aromatic carboxylic acids is 3. The Labute approximate surface area is 332 Å². The monoisotopic (exact) mass is 757 g/mol. The molecule has 0 unspecified atom stereocenters. The van der Waals surface area contributed by atoms with E-state index < -0.39 is 17.9 Å². The van der Waals surface area contributed by atoms with Crippen LogP contribution in [0.1, 0.15) is 263 Å². The van der Waals surface area contributed by atoms with E-state index in [4.69, 9.17) is 0 Å². The molecule has 312 valence electrons. The van der Waals surface area contributed by atoms with Gasteiger partial charge >= 0.3 is 17.9 Å². The van der Waals surface area contributed by atoms with Crippen molar-refractivity contribution in [2.75, 3.05) is 0 Å². The van der Waals surface area contributed by atoms with Crippen LogP contribution in [0.15, 0.2) is 0 Å². The number of hydrogen-bond donors (Lipinski definition) is 3. The summed E-state index contributed by atoms with van der Waals surface area (Å²) >= 11 is 0. The summed E-state index contributed by atoms with van der Waals surface area (Å²) in [6, 6.07) is 0. The van der Waals surface area contributed by atoms with Crippen LogP contribution in [0, 0.1) is 17.8 Å². The number of carbonyl (C=O) groups is 3. The van der Waals surface area contributed by atoms with Crippen LogP contribution in [-0.4, -0.2) is 33.2 Å². The van der Waals surface area contributed by atoms with E-state index in [1.165, 1.54) is 96.3 Å². The number of unbranched alkanes of at least 4 members (excludes halogenated alkanes) is 21. The van der Waals surface area contributed by atoms with Crippen molar-refractivity contribution in [1.82, 2.24) is 0 Å². The first-order valence-electron chi connectivity index (χ1n) is 22.8. The van der Waals surface area contributed by atoms with Gasteiger partial charge in [0.2, 0.25) is 0 Å². The molecule has 0 saturated heterocycles. The minimum absolute atomic E-state index is 0.0732. The molecule has 1 aromatic carbocycles. The zero-order valence-corrected chi connectivity index (χ0v) is 36.0. The highest BCUT2D eigenvalue weighted by Crippen LogP contribution is 2.34. The van der Waals surface area contributed by atoms with Gasteiger partial charge in [-0.15, -0.1) is 0 Å². The zero-order valence-electron chi connectivity index (χ0n) is 36.0. The molecular formula is C48H84O6. The summed E-state index contributed by atoms with van der Waals surface area (Å²) in [4.78, 5) is 38.9. The summed E-state index contributed by atoms with van der Waals surface area (Å²) in [5.41, 5.74) is 0.883. The summed E-state index contributed by atoms with van der Waals surface area (Å²) in [5, 5.41) is 31.7. The molecule has 0 bridgehead atoms. The van der Waals surface area contributed by atoms with Crippen molar-refractivity contribution in [2.24, 2.45) is 17.8 Å². The molecule has 0 aliphatic heterocycles. The van der Waals surface area contributed by atoms with Crippen molar-refractivity contribution >= 4 is 17.9 Å². The van der Waals surface area contributed by atoms with Gasteiger partial charge in [0.05, 0.1) is 16.7 Å². The highest BCUT2D eigenvalue weighted by atomic mass is 16.4. The topological polar surface area (TPSA) is 112 Å². The van der Waals surface area contributed by atoms with Gasteiger partial charge in [-0.2, -0.15) is 0 Å². The van der Waals surface area contributed by atoms with Gasteiger partial charge in [-0.25, -0.2) is 14.4 Å². The number of carboxylic acids is 3. The number of hydrogen-bond acceptors (Lipinski definition) is 3. The molecule has 0 spiro atoms. The first-order valence-corrected chi connectivity index (χ1v) is 22.8. The van der Waals surface area contributed by atoms with Crippen molar-refractivity contribution in [1.29, 1.82) is 0 Å². The summed E-state index contributed by atoms with van der Waals surface area (Å²) < 4.78 is 0. The molecule has 3 N–H and O–H groups in total. The molecule has 0 atom stereocenters. The van der Waals surface area contributed by atoms with E-state index in [0.29, 0.717) is 30.4 Å². The Morgan fingerprint density at radius 3 is 0.778 bits per heavy atom. The second-order valence-electron chi connectivity index (χ2n) is 17.8. The molecule has 0 aliphatic rings. The average Bonchev–Trinajstić information content (AvgIpc) is 3.09. The van der Waals surface area contributed by atoms with Crippen molar-refractivity contribution in [2.45, 2.75) is 234 Å². The van der Waals surface area contributed by atoms with Gasteiger partial charge in [-0.3, -0.25) is 0 Å². The Hall–Kier alpha value is -2.37. The summed E-state index contributed by atoms with van der Waals surface area (Å²) in [6.07, 6.45) is 31.4. The molecule has 0 amide bonds. The molecule has 6 nitrogen and oxygen atoms in total. The SMILES string of the molecule is CC(C)CCCCCCCCCCc1c(CCCCCCCCCCC(C)C)c(C(=O)O)c(C(=O)O)c(CCCCCCCCCCC(C)C)c1C(=O)O. The number of rotatable bonds is 36. The van der Waals surface area contributed by atoms with Gasteiger partial charge in [-0.05, 0) is 73.0 Å². The molecule has 0 saturated carbocycles. The Morgan fingerprint density at radius 2 is 0.519 bits per heavy atom. The molecule has 0 heterocycles. The van der Waals surface area contributed by atoms with Crippen LogP contribution in [0.2, 0.25) is 0 Å². The van der Waals surface area contributed by atoms with E-state index >= 15 is 0 Å². The van der Waals surface area contributed by atoms with Gasteiger partial charge in [-0.1, -0.05) is 196 Å². The van der Waals surface area contributed by atoms with Crippen molar-refractivity contribution in [3.8, 4) is 0 Å². The number of benzene rings is 1. The maximum absolute atomic E-state index is 13.1. The van der Waals surface area contributed by atoms with E-state index in [1.807, 2.05) is 0 Å². The first kappa shape index (κ1) is 49.6. The van der Waals surface area contributed by atoms with Crippen LogP contribution in [0.3, 0.4) is 0 Å². The molecular weight excluding hydrogens is 673 g/mol. The maximum Gasteiger partial charge on any atom is 0.336 e. The molecule has 0 radical (unpaired) electrons. The van der Waals surface area contributed by atoms with E-state index in [1.54, 1.807) is 0 Å². The molecule has 54 heavy (non-hydrogen) atoms. The molecule has 1 rings (SSSR count). The zero-order chi connectivity index (χ0) is 40.1. The predicted octanol–water partition coefficient (Wildman–Crippen LogP) is 14.9. The lowest BCUT2D eigenvalue weighted by Crippen LogP contribution is -2.22. The Balaban J connectivity index is 3.11. The predicted molar refractivity (Wildman–Crippen MR) is 228 cm³/mol. The third-order valence-electron chi connectivity index (χ3n) is 11.3. The lowest BCUT2D eigenvalue weighted by atomic mass is 9.80. The van der Waals surface area contributed by atoms with Crippen LogP contribution < -0.4 is 0 Å². The fourth-order valence-electron chi connectivity index (χ4n) is 8.19. The van der Waals surface area contributed by atoms with E-state index in [-0.39, 0.29) is 28.7 Å². The lowest BCUT2D eigenvalue weighted by molar-refractivity contribution is 0.0646. The average molecular weight is 757 g/mol. The molecule has 0 fully saturated rings. The summed E-state index contributed by atoms with van der Waals surface area (Å²) in [7, 11) is 0. The molecule has 0 aromatic heterocycles. The van der Waals surface area contributed by atoms with E-state index in [9.17, 15) is 29.7 Å². The first-order chi connectivity index (χ1) is 25.9. The number of carboxylic acid groups (broad SMARTS) is 3. The standard InChI is InChI=1S/C48H84O6/c1-37(2)31-25-19-13-7-10-16-22-28-34-40-41(35-29-23-17-11-8-14-20-26-32-38(3)4)44(47(51)52)45(48(53)54)42(43(40)46(49)50)36-30-24-18-12-9-15-21-27-33-39(5)6/h37-39H,7-36H2,1-6H3,(H,49,50)(H,51,52)(H,53,54). The minimum atomic E-state index is -1.33. The quantitative estimate of drug-likeness (QED) is 0.0588. The normalized spacial score (nSPS) is 11.7. The van der Waals surface area contributed by atoms with Crippen LogP contribution in [-0.2, 0) is 19.3 Å². The van der Waals surface area contributed by atoms with Crippen LogP contribution >= 0.6 is 0 Å². The van der Waals surface area contributed by atoms with Crippen LogP contribution in [0.5, 0.6) is 0 Å². The van der Waals surface area contributed by atoms with Gasteiger partial charge in [0.15, 0.2) is 0 Å². The van der Waals surface area contributed by atoms with Gasteiger partial charge < -0.3 is 15.3 Å². The van der Waals surface area contributed by atoms with Crippen LogP contribution in [0.25, 0.3) is 0 Å². The third-order valence-corrected chi connectivity index (χ3v) is 11.3. The van der Waals surface area contributed by atoms with Gasteiger partial charge in [0.1, 0.15) is 0 Å². The van der Waals surface area contributed by atoms with Gasteiger partial charge in [0.25, 0.3) is 0 Å². The molecule has 1 aromatic rings. The Kier molecular flexibility index (Phi) is 28.3. The lowest BCUT2D eigenvalue weighted by Gasteiger charge is -2.22. The summed E-state index contributed by atoms with van der Waals surface area (Å²) in [6.45, 7) is 13.6.